The van der Waals surface area contributed by atoms with Crippen LogP contribution in [-0.2, 0) is 11.3 Å². The van der Waals surface area contributed by atoms with Crippen LogP contribution < -0.4 is 5.73 Å². The minimum atomic E-state index is 0.181. The van der Waals surface area contributed by atoms with Gasteiger partial charge < -0.3 is 10.6 Å². The highest BCUT2D eigenvalue weighted by atomic mass is 16.2. The second-order valence-electron chi connectivity index (χ2n) is 5.48. The Morgan fingerprint density at radius 3 is 2.95 bits per heavy atom. The lowest BCUT2D eigenvalue weighted by atomic mass is 10.1. The number of pyridine rings is 1. The smallest absolute Gasteiger partial charge is 0.223 e. The summed E-state index contributed by atoms with van der Waals surface area (Å²) >= 11 is 0. The predicted molar refractivity (Wildman–Crippen MR) is 75.3 cm³/mol. The third-order valence-electron chi connectivity index (χ3n) is 3.43. The fourth-order valence-electron chi connectivity index (χ4n) is 2.21. The van der Waals surface area contributed by atoms with Crippen LogP contribution in [0.5, 0.6) is 0 Å². The number of hydrogen-bond acceptors (Lipinski definition) is 3. The van der Waals surface area contributed by atoms with Crippen LogP contribution in [0.15, 0.2) is 24.5 Å². The number of carbonyl (C=O) groups excluding carboxylic acids is 1. The molecule has 104 valence electrons. The zero-order valence-electron chi connectivity index (χ0n) is 11.6. The number of nitrogens with two attached hydrogens (primary N) is 1. The van der Waals surface area contributed by atoms with E-state index in [-0.39, 0.29) is 11.9 Å². The number of carbonyl (C=O) groups is 1. The summed E-state index contributed by atoms with van der Waals surface area (Å²) in [7, 11) is 0. The van der Waals surface area contributed by atoms with Gasteiger partial charge in [-0.05, 0) is 44.2 Å². The molecular weight excluding hydrogens is 238 g/mol. The van der Waals surface area contributed by atoms with Crippen LogP contribution in [0, 0.1) is 0 Å². The molecule has 4 nitrogen and oxygen atoms in total. The van der Waals surface area contributed by atoms with Crippen LogP contribution in [0.3, 0.4) is 0 Å². The van der Waals surface area contributed by atoms with E-state index in [0.717, 1.165) is 31.2 Å². The first-order valence-electron chi connectivity index (χ1n) is 7.11. The van der Waals surface area contributed by atoms with Gasteiger partial charge in [0, 0.05) is 37.4 Å². The lowest BCUT2D eigenvalue weighted by Crippen LogP contribution is -2.32. The van der Waals surface area contributed by atoms with Gasteiger partial charge in [-0.2, -0.15) is 0 Å². The van der Waals surface area contributed by atoms with E-state index in [2.05, 4.69) is 4.98 Å². The van der Waals surface area contributed by atoms with Crippen molar-refractivity contribution in [3.8, 4) is 0 Å². The van der Waals surface area contributed by atoms with E-state index in [9.17, 15) is 4.79 Å². The Kier molecular flexibility index (Phi) is 4.91. The maximum Gasteiger partial charge on any atom is 0.223 e. The number of hydrogen-bond donors (Lipinski definition) is 1. The minimum Gasteiger partial charge on any atom is -0.335 e. The molecule has 0 radical (unpaired) electrons. The Hall–Kier alpha value is -1.42. The zero-order chi connectivity index (χ0) is 13.7. The average molecular weight is 261 g/mol. The Balaban J connectivity index is 1.87. The van der Waals surface area contributed by atoms with E-state index in [1.807, 2.05) is 30.2 Å². The van der Waals surface area contributed by atoms with Crippen molar-refractivity contribution in [2.75, 3.05) is 0 Å². The molecule has 1 fully saturated rings. The summed E-state index contributed by atoms with van der Waals surface area (Å²) < 4.78 is 0. The van der Waals surface area contributed by atoms with Crippen molar-refractivity contribution in [3.05, 3.63) is 30.1 Å². The van der Waals surface area contributed by atoms with Crippen molar-refractivity contribution in [2.24, 2.45) is 5.73 Å². The molecule has 2 rings (SSSR count). The van der Waals surface area contributed by atoms with E-state index in [4.69, 9.17) is 5.73 Å². The van der Waals surface area contributed by atoms with Crippen molar-refractivity contribution in [1.29, 1.82) is 0 Å². The Morgan fingerprint density at radius 1 is 1.58 bits per heavy atom. The van der Waals surface area contributed by atoms with E-state index in [0.29, 0.717) is 19.0 Å². The molecule has 0 aromatic carbocycles. The number of rotatable bonds is 7. The van der Waals surface area contributed by atoms with Crippen molar-refractivity contribution in [2.45, 2.75) is 57.7 Å². The van der Waals surface area contributed by atoms with Gasteiger partial charge in [-0.15, -0.1) is 0 Å². The van der Waals surface area contributed by atoms with Crippen molar-refractivity contribution in [3.63, 3.8) is 0 Å². The second kappa shape index (κ2) is 6.66. The largest absolute Gasteiger partial charge is 0.335 e. The molecule has 19 heavy (non-hydrogen) atoms. The van der Waals surface area contributed by atoms with Gasteiger partial charge in [0.25, 0.3) is 0 Å². The summed E-state index contributed by atoms with van der Waals surface area (Å²) in [6, 6.07) is 4.57. The molecule has 1 aromatic rings. The van der Waals surface area contributed by atoms with Gasteiger partial charge in [0.2, 0.25) is 5.91 Å². The molecule has 1 aromatic heterocycles. The fraction of sp³-hybridized carbons (Fsp3) is 0.600. The predicted octanol–water partition coefficient (Wildman–Crippen LogP) is 2.09. The van der Waals surface area contributed by atoms with Crippen molar-refractivity contribution < 1.29 is 4.79 Å². The summed E-state index contributed by atoms with van der Waals surface area (Å²) in [4.78, 5) is 18.4. The Bertz CT molecular complexity index is 401. The second-order valence-corrected chi connectivity index (χ2v) is 5.48. The van der Waals surface area contributed by atoms with Crippen molar-refractivity contribution in [1.82, 2.24) is 9.88 Å². The molecule has 1 atom stereocenters. The molecule has 0 saturated heterocycles. The van der Waals surface area contributed by atoms with Gasteiger partial charge in [-0.1, -0.05) is 6.07 Å². The maximum absolute atomic E-state index is 12.3. The molecular formula is C15H23N3O. The summed E-state index contributed by atoms with van der Waals surface area (Å²) in [6.07, 6.45) is 8.28. The van der Waals surface area contributed by atoms with Gasteiger partial charge in [0.05, 0.1) is 0 Å². The quantitative estimate of drug-likeness (QED) is 0.817. The van der Waals surface area contributed by atoms with Crippen LogP contribution in [-0.4, -0.2) is 27.9 Å². The Labute approximate surface area is 115 Å². The van der Waals surface area contributed by atoms with E-state index in [1.54, 1.807) is 6.20 Å². The normalized spacial score (nSPS) is 16.1. The average Bonchev–Trinajstić information content (AvgIpc) is 3.21. The fourth-order valence-corrected chi connectivity index (χ4v) is 2.21. The molecule has 2 N–H and O–H groups in total. The molecule has 1 saturated carbocycles. The highest BCUT2D eigenvalue weighted by Crippen LogP contribution is 2.29. The number of amides is 1. The molecule has 1 unspecified atom stereocenters. The minimum absolute atomic E-state index is 0.181. The SMILES string of the molecule is CC(N)CCCC(=O)N(Cc1cccnc1)C1CC1. The first kappa shape index (κ1) is 14.0. The summed E-state index contributed by atoms with van der Waals surface area (Å²) in [5, 5.41) is 0. The van der Waals surface area contributed by atoms with E-state index >= 15 is 0 Å². The van der Waals surface area contributed by atoms with Gasteiger partial charge in [-0.25, -0.2) is 0 Å². The highest BCUT2D eigenvalue weighted by Gasteiger charge is 2.32. The Morgan fingerprint density at radius 2 is 2.37 bits per heavy atom. The molecule has 1 amide bonds. The monoisotopic (exact) mass is 261 g/mol. The zero-order valence-corrected chi connectivity index (χ0v) is 11.6. The number of nitrogens with zero attached hydrogens (tertiary/aromatic N) is 2. The molecule has 4 heteroatoms. The molecule has 1 aliphatic rings. The molecule has 1 aliphatic carbocycles. The number of aromatic nitrogens is 1. The maximum atomic E-state index is 12.3. The van der Waals surface area contributed by atoms with Crippen LogP contribution in [0.1, 0.15) is 44.6 Å². The third kappa shape index (κ3) is 4.63. The first-order valence-corrected chi connectivity index (χ1v) is 7.11. The summed E-state index contributed by atoms with van der Waals surface area (Å²) in [5.41, 5.74) is 6.82. The van der Waals surface area contributed by atoms with Crippen LogP contribution >= 0.6 is 0 Å². The van der Waals surface area contributed by atoms with Crippen molar-refractivity contribution >= 4 is 5.91 Å². The molecule has 0 spiro atoms. The van der Waals surface area contributed by atoms with Gasteiger partial charge in [-0.3, -0.25) is 9.78 Å². The highest BCUT2D eigenvalue weighted by molar-refractivity contribution is 5.76. The van der Waals surface area contributed by atoms with Crippen LogP contribution in [0.25, 0.3) is 0 Å². The lowest BCUT2D eigenvalue weighted by molar-refractivity contribution is -0.132. The summed E-state index contributed by atoms with van der Waals surface area (Å²) in [5.74, 6) is 0.256. The topological polar surface area (TPSA) is 59.2 Å². The van der Waals surface area contributed by atoms with Crippen LogP contribution in [0.4, 0.5) is 0 Å². The van der Waals surface area contributed by atoms with Gasteiger partial charge >= 0.3 is 0 Å². The van der Waals surface area contributed by atoms with Gasteiger partial charge in [0.15, 0.2) is 0 Å². The first-order chi connectivity index (χ1) is 9.16. The molecule has 0 bridgehead atoms. The van der Waals surface area contributed by atoms with E-state index < -0.39 is 0 Å². The van der Waals surface area contributed by atoms with E-state index in [1.165, 1.54) is 0 Å². The standard InChI is InChI=1S/C15H23N3O/c1-12(16)4-2-6-15(19)18(14-7-8-14)11-13-5-3-9-17-10-13/h3,5,9-10,12,14H,2,4,6-8,11,16H2,1H3. The summed E-state index contributed by atoms with van der Waals surface area (Å²) in [6.45, 7) is 2.67. The van der Waals surface area contributed by atoms with Crippen LogP contribution in [0.2, 0.25) is 0 Å². The lowest BCUT2D eigenvalue weighted by Gasteiger charge is -2.22. The third-order valence-corrected chi connectivity index (χ3v) is 3.43. The molecule has 0 aliphatic heterocycles. The van der Waals surface area contributed by atoms with Gasteiger partial charge in [0.1, 0.15) is 0 Å². The molecule has 1 heterocycles.